The molecule has 1 rings (SSSR count). The minimum absolute atomic E-state index is 0.405. The van der Waals surface area contributed by atoms with Crippen molar-refractivity contribution in [2.24, 2.45) is 0 Å². The van der Waals surface area contributed by atoms with Crippen molar-refractivity contribution in [3.8, 4) is 0 Å². The second-order valence-corrected chi connectivity index (χ2v) is 3.07. The summed E-state index contributed by atoms with van der Waals surface area (Å²) in [6.45, 7) is 0. The Morgan fingerprint density at radius 2 is 2.00 bits per heavy atom. The lowest BCUT2D eigenvalue weighted by Crippen LogP contribution is -1.79. The summed E-state index contributed by atoms with van der Waals surface area (Å²) in [7, 11) is 0. The molecule has 0 bridgehead atoms. The van der Waals surface area contributed by atoms with Crippen molar-refractivity contribution in [1.82, 2.24) is 0 Å². The zero-order chi connectivity index (χ0) is 8.97. The fraction of sp³-hybridized carbons (Fsp3) is 0.111. The van der Waals surface area contributed by atoms with Gasteiger partial charge in [-0.25, -0.2) is 4.39 Å². The van der Waals surface area contributed by atoms with Crippen LogP contribution in [0.25, 0.3) is 5.83 Å². The molecule has 0 aliphatic heterocycles. The number of hydrogen-bond donors (Lipinski definition) is 0. The predicted octanol–water partition coefficient (Wildman–Crippen LogP) is 4.09. The first-order chi connectivity index (χ1) is 5.77. The van der Waals surface area contributed by atoms with Crippen LogP contribution in [0.3, 0.4) is 0 Å². The zero-order valence-electron chi connectivity index (χ0n) is 6.23. The van der Waals surface area contributed by atoms with Gasteiger partial charge in [-0.05, 0) is 5.56 Å². The van der Waals surface area contributed by atoms with Crippen molar-refractivity contribution in [3.63, 3.8) is 0 Å². The number of halogens is 3. The second-order valence-electron chi connectivity index (χ2n) is 2.29. The topological polar surface area (TPSA) is 0 Å². The molecule has 0 nitrogen and oxygen atoms in total. The van der Waals surface area contributed by atoms with E-state index in [1.807, 2.05) is 12.1 Å². The average Bonchev–Trinajstić information content (AvgIpc) is 2.17. The van der Waals surface area contributed by atoms with Crippen molar-refractivity contribution in [3.05, 3.63) is 40.9 Å². The summed E-state index contributed by atoms with van der Waals surface area (Å²) in [5.74, 6) is -0.405. The minimum atomic E-state index is -0.405. The maximum absolute atomic E-state index is 12.8. The fourth-order valence-corrected chi connectivity index (χ4v) is 1.32. The Balaban J connectivity index is 2.92. The molecular weight excluding hydrogens is 242 g/mol. The Labute approximate surface area is 84.2 Å². The monoisotopic (exact) mass is 248 g/mol. The largest absolute Gasteiger partial charge is 0.205 e. The summed E-state index contributed by atoms with van der Waals surface area (Å²) >= 11 is 8.52. The Morgan fingerprint density at radius 1 is 1.42 bits per heavy atom. The molecule has 0 fully saturated rings. The van der Waals surface area contributed by atoms with E-state index in [0.717, 1.165) is 16.4 Å². The van der Waals surface area contributed by atoms with E-state index in [1.165, 1.54) is 0 Å². The third-order valence-electron chi connectivity index (χ3n) is 1.48. The van der Waals surface area contributed by atoms with Crippen molar-refractivity contribution in [2.45, 2.75) is 5.33 Å². The van der Waals surface area contributed by atoms with E-state index in [2.05, 4.69) is 15.9 Å². The van der Waals surface area contributed by atoms with Crippen LogP contribution in [0.4, 0.5) is 4.39 Å². The summed E-state index contributed by atoms with van der Waals surface area (Å²) in [6.07, 6.45) is 0. The highest BCUT2D eigenvalue weighted by Gasteiger charge is 1.98. The Bertz CT molecular complexity index is 279. The van der Waals surface area contributed by atoms with Crippen LogP contribution in [0, 0.1) is 0 Å². The number of rotatable bonds is 2. The van der Waals surface area contributed by atoms with Crippen molar-refractivity contribution in [1.29, 1.82) is 0 Å². The Hall–Kier alpha value is -0.340. The van der Waals surface area contributed by atoms with Crippen LogP contribution >= 0.6 is 27.5 Å². The number of alkyl halides is 1. The maximum atomic E-state index is 12.8. The highest BCUT2D eigenvalue weighted by molar-refractivity contribution is 9.08. The lowest BCUT2D eigenvalue weighted by Gasteiger charge is -1.97. The highest BCUT2D eigenvalue weighted by atomic mass is 79.9. The molecule has 1 aromatic carbocycles. The lowest BCUT2D eigenvalue weighted by atomic mass is 10.1. The van der Waals surface area contributed by atoms with Crippen molar-refractivity contribution < 1.29 is 4.39 Å². The van der Waals surface area contributed by atoms with Gasteiger partial charge in [-0.1, -0.05) is 51.8 Å². The van der Waals surface area contributed by atoms with E-state index < -0.39 is 5.83 Å². The van der Waals surface area contributed by atoms with Gasteiger partial charge in [-0.2, -0.15) is 0 Å². The zero-order valence-corrected chi connectivity index (χ0v) is 8.57. The van der Waals surface area contributed by atoms with Crippen LogP contribution < -0.4 is 0 Å². The van der Waals surface area contributed by atoms with E-state index >= 15 is 0 Å². The van der Waals surface area contributed by atoms with E-state index in [4.69, 9.17) is 11.6 Å². The molecule has 0 atom stereocenters. The van der Waals surface area contributed by atoms with E-state index in [1.54, 1.807) is 12.1 Å². The van der Waals surface area contributed by atoms with Crippen LogP contribution in [0.2, 0.25) is 0 Å². The van der Waals surface area contributed by atoms with Crippen molar-refractivity contribution in [2.75, 3.05) is 0 Å². The van der Waals surface area contributed by atoms with Crippen LogP contribution in [0.15, 0.2) is 29.8 Å². The molecule has 0 unspecified atom stereocenters. The smallest absolute Gasteiger partial charge is 0.141 e. The summed E-state index contributed by atoms with van der Waals surface area (Å²) in [5, 5.41) is 0.777. The highest BCUT2D eigenvalue weighted by Crippen LogP contribution is 2.17. The maximum Gasteiger partial charge on any atom is 0.141 e. The van der Waals surface area contributed by atoms with Crippen molar-refractivity contribution >= 4 is 33.4 Å². The Morgan fingerprint density at radius 3 is 2.42 bits per heavy atom. The van der Waals surface area contributed by atoms with Gasteiger partial charge in [0.15, 0.2) is 0 Å². The lowest BCUT2D eigenvalue weighted by molar-refractivity contribution is 0.762. The average molecular weight is 250 g/mol. The third kappa shape index (κ3) is 2.32. The summed E-state index contributed by atoms with van der Waals surface area (Å²) in [4.78, 5) is 0. The first-order valence-corrected chi connectivity index (χ1v) is 4.95. The van der Waals surface area contributed by atoms with Gasteiger partial charge < -0.3 is 0 Å². The van der Waals surface area contributed by atoms with Gasteiger partial charge in [-0.15, -0.1) is 0 Å². The predicted molar refractivity (Wildman–Crippen MR) is 54.0 cm³/mol. The quantitative estimate of drug-likeness (QED) is 0.693. The molecule has 0 radical (unpaired) electrons. The van der Waals surface area contributed by atoms with Gasteiger partial charge in [0, 0.05) is 16.4 Å². The first-order valence-electron chi connectivity index (χ1n) is 3.39. The summed E-state index contributed by atoms with van der Waals surface area (Å²) < 4.78 is 12.8. The molecule has 0 aliphatic rings. The molecule has 64 valence electrons. The van der Waals surface area contributed by atoms with Gasteiger partial charge in [0.2, 0.25) is 0 Å². The molecule has 0 aromatic heterocycles. The molecule has 0 amide bonds. The van der Waals surface area contributed by atoms with Crippen LogP contribution in [-0.2, 0) is 5.33 Å². The van der Waals surface area contributed by atoms with Gasteiger partial charge in [0.05, 0.1) is 0 Å². The van der Waals surface area contributed by atoms with Gasteiger partial charge in [0.1, 0.15) is 5.83 Å². The van der Waals surface area contributed by atoms with Gasteiger partial charge >= 0.3 is 0 Å². The van der Waals surface area contributed by atoms with Gasteiger partial charge in [0.25, 0.3) is 0 Å². The van der Waals surface area contributed by atoms with Crippen LogP contribution in [0.5, 0.6) is 0 Å². The summed E-state index contributed by atoms with van der Waals surface area (Å²) in [6, 6.07) is 7.10. The molecule has 0 spiro atoms. The molecular formula is C9H7BrClF. The number of hydrogen-bond acceptors (Lipinski definition) is 0. The van der Waals surface area contributed by atoms with Crippen LogP contribution in [0.1, 0.15) is 11.1 Å². The molecule has 0 saturated carbocycles. The normalized spacial score (nSPS) is 11.8. The molecule has 0 aliphatic carbocycles. The van der Waals surface area contributed by atoms with Crippen LogP contribution in [-0.4, -0.2) is 0 Å². The fourth-order valence-electron chi connectivity index (χ4n) is 0.816. The molecule has 12 heavy (non-hydrogen) atoms. The summed E-state index contributed by atoms with van der Waals surface area (Å²) in [5.41, 5.74) is 2.55. The van der Waals surface area contributed by atoms with E-state index in [-0.39, 0.29) is 0 Å². The molecule has 0 saturated heterocycles. The molecule has 0 N–H and O–H groups in total. The molecule has 1 aromatic rings. The number of benzene rings is 1. The minimum Gasteiger partial charge on any atom is -0.205 e. The molecule has 3 heteroatoms. The SMILES string of the molecule is FC(=CCl)c1ccc(CBr)cc1. The Kier molecular flexibility index (Phi) is 3.76. The standard InChI is InChI=1S/C9H7BrClF/c10-5-7-1-3-8(4-2-7)9(12)6-11/h1-4,6H,5H2. The van der Waals surface area contributed by atoms with Gasteiger partial charge in [-0.3, -0.25) is 0 Å². The second kappa shape index (κ2) is 4.63. The third-order valence-corrected chi connectivity index (χ3v) is 2.32. The molecule has 0 heterocycles. The van der Waals surface area contributed by atoms with E-state index in [9.17, 15) is 4.39 Å². The first kappa shape index (κ1) is 9.75. The van der Waals surface area contributed by atoms with E-state index in [0.29, 0.717) is 5.56 Å².